The zero-order valence-electron chi connectivity index (χ0n) is 18.6. The average Bonchev–Trinajstić information content (AvgIpc) is 3.08. The van der Waals surface area contributed by atoms with Gasteiger partial charge in [0.15, 0.2) is 6.79 Å². The normalized spacial score (nSPS) is 17.0. The minimum absolute atomic E-state index is 0.0452. The highest BCUT2D eigenvalue weighted by Crippen LogP contribution is 2.42. The molecule has 0 bridgehead atoms. The van der Waals surface area contributed by atoms with E-state index in [1.165, 1.54) is 0 Å². The van der Waals surface area contributed by atoms with Gasteiger partial charge >= 0.3 is 12.0 Å². The molecule has 1 aliphatic heterocycles. The van der Waals surface area contributed by atoms with Gasteiger partial charge in [0.05, 0.1) is 16.6 Å². The summed E-state index contributed by atoms with van der Waals surface area (Å²) in [6.45, 7) is 9.15. The van der Waals surface area contributed by atoms with Crippen LogP contribution in [0.4, 0.5) is 0 Å². The van der Waals surface area contributed by atoms with Crippen molar-refractivity contribution < 1.29 is 29.0 Å². The second kappa shape index (κ2) is 11.8. The number of hydroxylamine groups is 1. The maximum Gasteiger partial charge on any atom is 0.339 e. The van der Waals surface area contributed by atoms with E-state index < -0.39 is 20.1 Å². The molecular formula is C20H29Cl2N3O6Si. The van der Waals surface area contributed by atoms with Crippen molar-refractivity contribution in [1.29, 1.82) is 0 Å². The smallest absolute Gasteiger partial charge is 0.339 e. The Hall–Kier alpha value is -1.85. The van der Waals surface area contributed by atoms with Crippen LogP contribution in [-0.2, 0) is 19.1 Å². The number of carbonyl (C=O) groups is 2. The lowest BCUT2D eigenvalue weighted by atomic mass is 9.97. The molecule has 12 heteroatoms. The van der Waals surface area contributed by atoms with Crippen molar-refractivity contribution in [1.82, 2.24) is 10.5 Å². The highest BCUT2D eigenvalue weighted by atomic mass is 35.5. The SMILES string of the molecule is CCC(=O)O/C(=N/N1CC(c2c(OCOCC[Si](C)(C)C)ccc(Cl)c2Cl)CC1=O)NO. The summed E-state index contributed by atoms with van der Waals surface area (Å²) >= 11 is 12.7. The van der Waals surface area contributed by atoms with Gasteiger partial charge in [-0.05, 0) is 18.2 Å². The molecule has 1 unspecified atom stereocenters. The number of esters is 1. The van der Waals surface area contributed by atoms with Gasteiger partial charge in [0.1, 0.15) is 5.75 Å². The predicted molar refractivity (Wildman–Crippen MR) is 124 cm³/mol. The Balaban J connectivity index is 2.14. The van der Waals surface area contributed by atoms with Gasteiger partial charge in [-0.1, -0.05) is 49.8 Å². The Bertz CT molecular complexity index is 862. The topological polar surface area (TPSA) is 110 Å². The average molecular weight is 506 g/mol. The fraction of sp³-hybridized carbons (Fsp3) is 0.550. The van der Waals surface area contributed by atoms with Crippen LogP contribution in [0.3, 0.4) is 0 Å². The first kappa shape index (κ1) is 26.4. The molecule has 1 heterocycles. The first-order valence-corrected chi connectivity index (χ1v) is 14.7. The molecule has 0 spiro atoms. The van der Waals surface area contributed by atoms with Crippen molar-refractivity contribution in [3.05, 3.63) is 27.7 Å². The number of carbonyl (C=O) groups excluding carboxylic acids is 2. The number of amidine groups is 1. The molecule has 1 aliphatic rings. The van der Waals surface area contributed by atoms with Crippen LogP contribution in [0.25, 0.3) is 0 Å². The van der Waals surface area contributed by atoms with E-state index in [9.17, 15) is 9.59 Å². The maximum atomic E-state index is 12.5. The molecule has 1 aromatic carbocycles. The number of nitrogens with zero attached hydrogens (tertiary/aromatic N) is 2. The lowest BCUT2D eigenvalue weighted by molar-refractivity contribution is -0.136. The molecule has 0 radical (unpaired) electrons. The summed E-state index contributed by atoms with van der Waals surface area (Å²) in [5, 5.41) is 14.7. The van der Waals surface area contributed by atoms with Crippen molar-refractivity contribution in [3.8, 4) is 5.75 Å². The first-order valence-electron chi connectivity index (χ1n) is 10.2. The Kier molecular flexibility index (Phi) is 9.77. The highest BCUT2D eigenvalue weighted by Gasteiger charge is 2.35. The van der Waals surface area contributed by atoms with Gasteiger partial charge < -0.3 is 14.2 Å². The third-order valence-electron chi connectivity index (χ3n) is 4.70. The summed E-state index contributed by atoms with van der Waals surface area (Å²) in [4.78, 5) is 23.9. The summed E-state index contributed by atoms with van der Waals surface area (Å²) < 4.78 is 16.3. The molecule has 1 aromatic rings. The number of amides is 1. The largest absolute Gasteiger partial charge is 0.467 e. The molecule has 2 N–H and O–H groups in total. The summed E-state index contributed by atoms with van der Waals surface area (Å²) in [5.74, 6) is -0.870. The number of nitrogens with one attached hydrogen (secondary N) is 1. The van der Waals surface area contributed by atoms with Crippen LogP contribution in [0.1, 0.15) is 31.2 Å². The lowest BCUT2D eigenvalue weighted by Crippen LogP contribution is -2.30. The van der Waals surface area contributed by atoms with Gasteiger partial charge in [-0.15, -0.1) is 5.10 Å². The molecule has 0 saturated carbocycles. The molecule has 178 valence electrons. The van der Waals surface area contributed by atoms with Crippen molar-refractivity contribution in [3.63, 3.8) is 0 Å². The van der Waals surface area contributed by atoms with Gasteiger partial charge in [0, 0.05) is 39.0 Å². The van der Waals surface area contributed by atoms with E-state index in [1.54, 1.807) is 24.5 Å². The van der Waals surface area contributed by atoms with E-state index in [1.807, 2.05) is 0 Å². The number of rotatable bonds is 9. The number of hydrogen-bond donors (Lipinski definition) is 2. The van der Waals surface area contributed by atoms with Crippen LogP contribution >= 0.6 is 23.2 Å². The van der Waals surface area contributed by atoms with Crippen LogP contribution in [0.5, 0.6) is 5.75 Å². The van der Waals surface area contributed by atoms with Crippen molar-refractivity contribution in [2.24, 2.45) is 5.10 Å². The molecule has 1 fully saturated rings. The Labute approximate surface area is 198 Å². The number of halogens is 2. The molecule has 1 saturated heterocycles. The fourth-order valence-electron chi connectivity index (χ4n) is 2.93. The minimum atomic E-state index is -1.21. The van der Waals surface area contributed by atoms with Crippen molar-refractivity contribution >= 4 is 49.2 Å². The zero-order valence-corrected chi connectivity index (χ0v) is 21.1. The third-order valence-corrected chi connectivity index (χ3v) is 7.23. The maximum absolute atomic E-state index is 12.5. The van der Waals surface area contributed by atoms with Crippen LogP contribution < -0.4 is 10.2 Å². The zero-order chi connectivity index (χ0) is 23.9. The second-order valence-electron chi connectivity index (χ2n) is 8.48. The van der Waals surface area contributed by atoms with Gasteiger partial charge in [-0.3, -0.25) is 14.8 Å². The standard InChI is InChI=1S/C20H29Cl2N3O6Si/c1-5-17(27)31-20(24-28)23-25-11-13(10-16(25)26)18-15(7-6-14(21)19(18)22)30-12-29-8-9-32(2,3)4/h6-7,13,28H,5,8-12H2,1-4H3,(H,23,24). The second-order valence-corrected chi connectivity index (χ2v) is 14.9. The van der Waals surface area contributed by atoms with Crippen LogP contribution in [-0.4, -0.2) is 56.1 Å². The predicted octanol–water partition coefficient (Wildman–Crippen LogP) is 4.20. The van der Waals surface area contributed by atoms with Gasteiger partial charge in [0.2, 0.25) is 5.91 Å². The summed E-state index contributed by atoms with van der Waals surface area (Å²) in [7, 11) is -1.21. The number of ether oxygens (including phenoxy) is 3. The quantitative estimate of drug-likeness (QED) is 0.0983. The molecule has 1 amide bonds. The van der Waals surface area contributed by atoms with Gasteiger partial charge in [0.25, 0.3) is 0 Å². The summed E-state index contributed by atoms with van der Waals surface area (Å²) in [5.41, 5.74) is 2.25. The summed E-state index contributed by atoms with van der Waals surface area (Å²) in [6, 6.07) is 3.83. The van der Waals surface area contributed by atoms with Crippen LogP contribution in [0, 0.1) is 0 Å². The van der Waals surface area contributed by atoms with Crippen molar-refractivity contribution in [2.45, 2.75) is 51.4 Å². The number of hydrazone groups is 1. The van der Waals surface area contributed by atoms with Crippen LogP contribution in [0.15, 0.2) is 17.2 Å². The van der Waals surface area contributed by atoms with E-state index >= 15 is 0 Å². The molecule has 0 aromatic heterocycles. The van der Waals surface area contributed by atoms with Crippen LogP contribution in [0.2, 0.25) is 35.7 Å². The highest BCUT2D eigenvalue weighted by molar-refractivity contribution is 6.76. The molecule has 2 rings (SSSR count). The van der Waals surface area contributed by atoms with E-state index in [0.29, 0.717) is 22.9 Å². The molecule has 32 heavy (non-hydrogen) atoms. The lowest BCUT2D eigenvalue weighted by Gasteiger charge is -2.19. The van der Waals surface area contributed by atoms with E-state index in [0.717, 1.165) is 11.1 Å². The van der Waals surface area contributed by atoms with Gasteiger partial charge in [-0.25, -0.2) is 10.5 Å². The molecular weight excluding hydrogens is 477 g/mol. The van der Waals surface area contributed by atoms with E-state index in [2.05, 4.69) is 24.7 Å². The summed E-state index contributed by atoms with van der Waals surface area (Å²) in [6.07, 6.45) is 0.160. The fourth-order valence-corrected chi connectivity index (χ4v) is 4.17. The first-order chi connectivity index (χ1) is 15.1. The monoisotopic (exact) mass is 505 g/mol. The van der Waals surface area contributed by atoms with E-state index in [4.69, 9.17) is 42.6 Å². The van der Waals surface area contributed by atoms with Gasteiger partial charge in [-0.2, -0.15) is 0 Å². The Morgan fingerprint density at radius 3 is 2.69 bits per heavy atom. The third kappa shape index (κ3) is 7.63. The molecule has 0 aliphatic carbocycles. The Morgan fingerprint density at radius 2 is 2.06 bits per heavy atom. The molecule has 9 nitrogen and oxygen atoms in total. The minimum Gasteiger partial charge on any atom is -0.467 e. The number of hydrogen-bond acceptors (Lipinski definition) is 7. The molecule has 1 atom stereocenters. The Morgan fingerprint density at radius 1 is 1.34 bits per heavy atom. The van der Waals surface area contributed by atoms with E-state index in [-0.39, 0.29) is 43.0 Å². The number of benzene rings is 1. The van der Waals surface area contributed by atoms with Crippen molar-refractivity contribution in [2.75, 3.05) is 19.9 Å².